The first kappa shape index (κ1) is 24.1. The van der Waals surface area contributed by atoms with Crippen molar-refractivity contribution in [2.45, 2.75) is 13.2 Å². The molecule has 33 heavy (non-hydrogen) atoms. The molecule has 0 atom stereocenters. The number of carbonyl (C=O) groups is 2. The lowest BCUT2D eigenvalue weighted by Gasteiger charge is -2.09. The standard InChI is InChI=1S/C24H21Cl2N3O4/c1-32-18-9-5-16(6-10-18)13-27-23(30)24(31)29-28-14-17-7-11-19(12-8-17)33-15-20-21(25)3-2-4-22(20)26/h2-12,14H,13,15H2,1H3,(H,27,30)(H,29,31)/b28-14-. The lowest BCUT2D eigenvalue weighted by Crippen LogP contribution is -2.37. The Morgan fingerprint density at radius 1 is 0.909 bits per heavy atom. The summed E-state index contributed by atoms with van der Waals surface area (Å²) < 4.78 is 10.8. The molecule has 0 spiro atoms. The fourth-order valence-corrected chi connectivity index (χ4v) is 3.20. The van der Waals surface area contributed by atoms with E-state index in [1.807, 2.05) is 0 Å². The molecule has 3 rings (SSSR count). The third-order valence-corrected chi connectivity index (χ3v) is 5.23. The van der Waals surface area contributed by atoms with Crippen molar-refractivity contribution in [3.05, 3.63) is 93.5 Å². The fraction of sp³-hybridized carbons (Fsp3) is 0.125. The number of hydrogen-bond acceptors (Lipinski definition) is 5. The van der Waals surface area contributed by atoms with Gasteiger partial charge in [0, 0.05) is 22.2 Å². The van der Waals surface area contributed by atoms with Crippen LogP contribution in [0.2, 0.25) is 10.0 Å². The second-order valence-corrected chi connectivity index (χ2v) is 7.60. The van der Waals surface area contributed by atoms with Gasteiger partial charge in [0.15, 0.2) is 0 Å². The molecule has 0 saturated heterocycles. The molecule has 0 radical (unpaired) electrons. The highest BCUT2D eigenvalue weighted by atomic mass is 35.5. The van der Waals surface area contributed by atoms with E-state index in [9.17, 15) is 9.59 Å². The molecule has 2 amide bonds. The fourth-order valence-electron chi connectivity index (χ4n) is 2.70. The van der Waals surface area contributed by atoms with E-state index in [1.165, 1.54) is 6.21 Å². The van der Waals surface area contributed by atoms with E-state index in [1.54, 1.807) is 73.8 Å². The maximum absolute atomic E-state index is 11.9. The summed E-state index contributed by atoms with van der Waals surface area (Å²) in [6, 6.07) is 19.4. The quantitative estimate of drug-likeness (QED) is 0.282. The number of benzene rings is 3. The molecule has 7 nitrogen and oxygen atoms in total. The van der Waals surface area contributed by atoms with Gasteiger partial charge in [0.05, 0.1) is 13.3 Å². The Balaban J connectivity index is 1.44. The third-order valence-electron chi connectivity index (χ3n) is 4.52. The van der Waals surface area contributed by atoms with Gasteiger partial charge in [0.1, 0.15) is 18.1 Å². The normalized spacial score (nSPS) is 10.6. The monoisotopic (exact) mass is 485 g/mol. The highest BCUT2D eigenvalue weighted by molar-refractivity contribution is 6.36. The van der Waals surface area contributed by atoms with Gasteiger partial charge in [0.2, 0.25) is 0 Å². The zero-order valence-corrected chi connectivity index (χ0v) is 19.2. The number of methoxy groups -OCH3 is 1. The molecule has 0 aliphatic rings. The second-order valence-electron chi connectivity index (χ2n) is 6.79. The van der Waals surface area contributed by atoms with Crippen molar-refractivity contribution in [1.29, 1.82) is 0 Å². The van der Waals surface area contributed by atoms with Crippen molar-refractivity contribution in [2.24, 2.45) is 5.10 Å². The number of ether oxygens (including phenoxy) is 2. The van der Waals surface area contributed by atoms with Crippen LogP contribution in [0.3, 0.4) is 0 Å². The largest absolute Gasteiger partial charge is 0.497 e. The third kappa shape index (κ3) is 7.24. The zero-order valence-electron chi connectivity index (χ0n) is 17.7. The molecule has 3 aromatic carbocycles. The van der Waals surface area contributed by atoms with Crippen molar-refractivity contribution in [1.82, 2.24) is 10.7 Å². The molecule has 9 heteroatoms. The number of amides is 2. The Kier molecular flexibility index (Phi) is 8.69. The summed E-state index contributed by atoms with van der Waals surface area (Å²) in [4.78, 5) is 23.8. The van der Waals surface area contributed by atoms with Gasteiger partial charge >= 0.3 is 11.8 Å². The van der Waals surface area contributed by atoms with Crippen LogP contribution in [0, 0.1) is 0 Å². The van der Waals surface area contributed by atoms with Gasteiger partial charge in [0.25, 0.3) is 0 Å². The Morgan fingerprint density at radius 3 is 2.18 bits per heavy atom. The second kappa shape index (κ2) is 11.9. The zero-order chi connectivity index (χ0) is 23.6. The van der Waals surface area contributed by atoms with Gasteiger partial charge in [-0.2, -0.15) is 5.10 Å². The Labute approximate surface area is 201 Å². The summed E-state index contributed by atoms with van der Waals surface area (Å²) in [5, 5.41) is 7.41. The minimum absolute atomic E-state index is 0.209. The summed E-state index contributed by atoms with van der Waals surface area (Å²) in [6.45, 7) is 0.439. The first-order valence-electron chi connectivity index (χ1n) is 9.86. The van der Waals surface area contributed by atoms with Crippen LogP contribution in [0.1, 0.15) is 16.7 Å². The number of halogens is 2. The topological polar surface area (TPSA) is 89.0 Å². The van der Waals surface area contributed by atoms with Crippen LogP contribution >= 0.6 is 23.2 Å². The van der Waals surface area contributed by atoms with E-state index >= 15 is 0 Å². The van der Waals surface area contributed by atoms with E-state index in [0.717, 1.165) is 5.56 Å². The number of carbonyl (C=O) groups excluding carboxylic acids is 2. The summed E-state index contributed by atoms with van der Waals surface area (Å²) in [5.74, 6) is -0.326. The Bertz CT molecular complexity index is 1110. The van der Waals surface area contributed by atoms with Crippen LogP contribution in [-0.2, 0) is 22.7 Å². The molecular formula is C24H21Cl2N3O4. The molecule has 0 bridgehead atoms. The number of rotatable bonds is 8. The van der Waals surface area contributed by atoms with Gasteiger partial charge in [-0.3, -0.25) is 9.59 Å². The molecule has 0 unspecified atom stereocenters. The van der Waals surface area contributed by atoms with Crippen molar-refractivity contribution in [3.8, 4) is 11.5 Å². The van der Waals surface area contributed by atoms with Gasteiger partial charge in [-0.05, 0) is 59.7 Å². The van der Waals surface area contributed by atoms with Gasteiger partial charge < -0.3 is 14.8 Å². The van der Waals surface area contributed by atoms with Crippen molar-refractivity contribution < 1.29 is 19.1 Å². The molecule has 170 valence electrons. The maximum Gasteiger partial charge on any atom is 0.329 e. The van der Waals surface area contributed by atoms with Crippen LogP contribution in [0.15, 0.2) is 71.8 Å². The van der Waals surface area contributed by atoms with Gasteiger partial charge in [-0.15, -0.1) is 0 Å². The number of nitrogens with one attached hydrogen (secondary N) is 2. The molecule has 3 aromatic rings. The van der Waals surface area contributed by atoms with Crippen molar-refractivity contribution >= 4 is 41.2 Å². The molecule has 0 saturated carbocycles. The maximum atomic E-state index is 11.9. The van der Waals surface area contributed by atoms with E-state index < -0.39 is 11.8 Å². The van der Waals surface area contributed by atoms with Gasteiger partial charge in [-0.25, -0.2) is 5.43 Å². The smallest absolute Gasteiger partial charge is 0.329 e. The molecule has 0 aromatic heterocycles. The average molecular weight is 486 g/mol. The summed E-state index contributed by atoms with van der Waals surface area (Å²) in [5.41, 5.74) is 4.44. The summed E-state index contributed by atoms with van der Waals surface area (Å²) in [6.07, 6.45) is 1.42. The lowest BCUT2D eigenvalue weighted by atomic mass is 10.2. The van der Waals surface area contributed by atoms with E-state index in [0.29, 0.717) is 32.7 Å². The minimum atomic E-state index is -0.865. The van der Waals surface area contributed by atoms with Crippen molar-refractivity contribution in [2.75, 3.05) is 7.11 Å². The van der Waals surface area contributed by atoms with Crippen LogP contribution in [0.4, 0.5) is 0 Å². The molecule has 0 aliphatic carbocycles. The van der Waals surface area contributed by atoms with Crippen LogP contribution in [0.5, 0.6) is 11.5 Å². The van der Waals surface area contributed by atoms with Crippen molar-refractivity contribution in [3.63, 3.8) is 0 Å². The molecule has 0 fully saturated rings. The molecule has 0 heterocycles. The predicted octanol–water partition coefficient (Wildman–Crippen LogP) is 4.35. The molecular weight excluding hydrogens is 465 g/mol. The van der Waals surface area contributed by atoms with Crippen LogP contribution < -0.4 is 20.2 Å². The Hall–Kier alpha value is -3.55. The number of nitrogens with zero attached hydrogens (tertiary/aromatic N) is 1. The minimum Gasteiger partial charge on any atom is -0.497 e. The summed E-state index contributed by atoms with van der Waals surface area (Å²) >= 11 is 12.3. The first-order valence-corrected chi connectivity index (χ1v) is 10.6. The highest BCUT2D eigenvalue weighted by Gasteiger charge is 2.12. The highest BCUT2D eigenvalue weighted by Crippen LogP contribution is 2.25. The predicted molar refractivity (Wildman–Crippen MR) is 128 cm³/mol. The van der Waals surface area contributed by atoms with Crippen LogP contribution in [0.25, 0.3) is 0 Å². The first-order chi connectivity index (χ1) is 16.0. The molecule has 0 aliphatic heterocycles. The Morgan fingerprint density at radius 2 is 1.55 bits per heavy atom. The molecule has 2 N–H and O–H groups in total. The van der Waals surface area contributed by atoms with E-state index in [-0.39, 0.29) is 13.2 Å². The van der Waals surface area contributed by atoms with E-state index in [4.69, 9.17) is 32.7 Å². The van der Waals surface area contributed by atoms with Gasteiger partial charge in [-0.1, -0.05) is 41.4 Å². The van der Waals surface area contributed by atoms with Crippen LogP contribution in [-0.4, -0.2) is 25.1 Å². The lowest BCUT2D eigenvalue weighted by molar-refractivity contribution is -0.139. The summed E-state index contributed by atoms with van der Waals surface area (Å²) in [7, 11) is 1.57. The number of hydrazone groups is 1. The van der Waals surface area contributed by atoms with E-state index in [2.05, 4.69) is 15.8 Å². The average Bonchev–Trinajstić information content (AvgIpc) is 2.83. The SMILES string of the molecule is COc1ccc(CNC(=O)C(=O)N/N=C\c2ccc(OCc3c(Cl)cccc3Cl)cc2)cc1. The number of hydrogen-bond donors (Lipinski definition) is 2.